The molecule has 0 radical (unpaired) electrons. The molecule has 0 atom stereocenters. The van der Waals surface area contributed by atoms with Crippen LogP contribution >= 0.6 is 0 Å². The minimum atomic E-state index is -0.381. The van der Waals surface area contributed by atoms with Crippen molar-refractivity contribution in [2.24, 2.45) is 5.92 Å². The average molecular weight is 290 g/mol. The first-order chi connectivity index (χ1) is 10.1. The molecule has 2 fully saturated rings. The van der Waals surface area contributed by atoms with Gasteiger partial charge in [0.05, 0.1) is 5.60 Å². The molecule has 3 nitrogen and oxygen atoms in total. The lowest BCUT2D eigenvalue weighted by molar-refractivity contribution is -0.00541. The molecule has 2 heterocycles. The second kappa shape index (κ2) is 6.78. The molecule has 0 unspecified atom stereocenters. The van der Waals surface area contributed by atoms with Crippen molar-refractivity contribution in [3.8, 4) is 0 Å². The Labute approximate surface area is 129 Å². The summed E-state index contributed by atoms with van der Waals surface area (Å²) in [5.74, 6) is 2.16. The van der Waals surface area contributed by atoms with Gasteiger partial charge in [-0.05, 0) is 49.1 Å². The Morgan fingerprint density at radius 1 is 1.19 bits per heavy atom. The standard InChI is InChI=1S/C16H24N2O.C2H6/c1-12(2)13-3-6-15(17-11-13)18-9-7-16(19,8-10-18)14-4-5-14;1-2/h3,6,11-12,14,19H,4-5,7-10H2,1-2H3;1-2H3. The summed E-state index contributed by atoms with van der Waals surface area (Å²) in [6.45, 7) is 10.2. The summed E-state index contributed by atoms with van der Waals surface area (Å²) in [5.41, 5.74) is 0.907. The molecule has 118 valence electrons. The van der Waals surface area contributed by atoms with E-state index in [0.29, 0.717) is 11.8 Å². The largest absolute Gasteiger partial charge is 0.389 e. The molecule has 1 N–H and O–H groups in total. The minimum absolute atomic E-state index is 0.381. The molecule has 1 saturated carbocycles. The summed E-state index contributed by atoms with van der Waals surface area (Å²) >= 11 is 0. The molecule has 1 saturated heterocycles. The molecule has 0 spiro atoms. The van der Waals surface area contributed by atoms with Gasteiger partial charge in [0.15, 0.2) is 0 Å². The van der Waals surface area contributed by atoms with Crippen molar-refractivity contribution < 1.29 is 5.11 Å². The van der Waals surface area contributed by atoms with Crippen LogP contribution in [0.3, 0.4) is 0 Å². The molecule has 0 aromatic carbocycles. The molecule has 3 heteroatoms. The van der Waals surface area contributed by atoms with E-state index in [0.717, 1.165) is 31.7 Å². The van der Waals surface area contributed by atoms with Crippen LogP contribution in [0.25, 0.3) is 0 Å². The zero-order valence-electron chi connectivity index (χ0n) is 14.0. The first-order valence-corrected chi connectivity index (χ1v) is 8.52. The van der Waals surface area contributed by atoms with Crippen molar-refractivity contribution in [1.82, 2.24) is 4.98 Å². The molecule has 1 aliphatic carbocycles. The fourth-order valence-corrected chi connectivity index (χ4v) is 3.08. The first-order valence-electron chi connectivity index (χ1n) is 8.52. The Hall–Kier alpha value is -1.09. The van der Waals surface area contributed by atoms with Gasteiger partial charge in [0.1, 0.15) is 5.82 Å². The highest BCUT2D eigenvalue weighted by Crippen LogP contribution is 2.45. The summed E-state index contributed by atoms with van der Waals surface area (Å²) in [4.78, 5) is 6.88. The molecule has 1 aliphatic heterocycles. The van der Waals surface area contributed by atoms with E-state index in [2.05, 4.69) is 35.9 Å². The second-order valence-corrected chi connectivity index (χ2v) is 6.47. The Morgan fingerprint density at radius 3 is 2.24 bits per heavy atom. The van der Waals surface area contributed by atoms with E-state index in [-0.39, 0.29) is 5.60 Å². The number of anilines is 1. The van der Waals surface area contributed by atoms with Crippen LogP contribution in [0.15, 0.2) is 18.3 Å². The van der Waals surface area contributed by atoms with Gasteiger partial charge in [0.2, 0.25) is 0 Å². The normalized spacial score (nSPS) is 21.0. The monoisotopic (exact) mass is 290 g/mol. The number of pyridine rings is 1. The zero-order valence-corrected chi connectivity index (χ0v) is 14.0. The van der Waals surface area contributed by atoms with Crippen LogP contribution in [0.4, 0.5) is 5.82 Å². The minimum Gasteiger partial charge on any atom is -0.389 e. The van der Waals surface area contributed by atoms with Crippen LogP contribution in [0, 0.1) is 5.92 Å². The van der Waals surface area contributed by atoms with Gasteiger partial charge in [-0.15, -0.1) is 0 Å². The smallest absolute Gasteiger partial charge is 0.128 e. The third-order valence-corrected chi connectivity index (χ3v) is 4.73. The number of rotatable bonds is 3. The number of hydrogen-bond donors (Lipinski definition) is 1. The molecular weight excluding hydrogens is 260 g/mol. The Kier molecular flexibility index (Phi) is 5.26. The number of piperidine rings is 1. The topological polar surface area (TPSA) is 36.4 Å². The number of aromatic nitrogens is 1. The van der Waals surface area contributed by atoms with E-state index in [4.69, 9.17) is 0 Å². The maximum Gasteiger partial charge on any atom is 0.128 e. The van der Waals surface area contributed by atoms with Gasteiger partial charge in [-0.25, -0.2) is 4.98 Å². The van der Waals surface area contributed by atoms with Crippen molar-refractivity contribution >= 4 is 5.82 Å². The Balaban J connectivity index is 0.000000774. The van der Waals surface area contributed by atoms with Gasteiger partial charge < -0.3 is 10.0 Å². The van der Waals surface area contributed by atoms with Crippen LogP contribution in [0.5, 0.6) is 0 Å². The van der Waals surface area contributed by atoms with E-state index < -0.39 is 0 Å². The van der Waals surface area contributed by atoms with Gasteiger partial charge >= 0.3 is 0 Å². The van der Waals surface area contributed by atoms with Gasteiger partial charge in [0.25, 0.3) is 0 Å². The highest BCUT2D eigenvalue weighted by atomic mass is 16.3. The molecule has 0 bridgehead atoms. The van der Waals surface area contributed by atoms with Crippen molar-refractivity contribution in [3.05, 3.63) is 23.9 Å². The van der Waals surface area contributed by atoms with Gasteiger partial charge in [0, 0.05) is 19.3 Å². The van der Waals surface area contributed by atoms with E-state index in [9.17, 15) is 5.11 Å². The maximum atomic E-state index is 10.5. The first kappa shape index (κ1) is 16.3. The van der Waals surface area contributed by atoms with Gasteiger partial charge in [-0.1, -0.05) is 33.8 Å². The summed E-state index contributed by atoms with van der Waals surface area (Å²) in [7, 11) is 0. The van der Waals surface area contributed by atoms with Crippen LogP contribution in [0.2, 0.25) is 0 Å². The predicted octanol–water partition coefficient (Wildman–Crippen LogP) is 3.97. The lowest BCUT2D eigenvalue weighted by atomic mass is 9.87. The average Bonchev–Trinajstić information content (AvgIpc) is 3.35. The second-order valence-electron chi connectivity index (χ2n) is 6.47. The third kappa shape index (κ3) is 3.76. The zero-order chi connectivity index (χ0) is 15.5. The van der Waals surface area contributed by atoms with Crippen molar-refractivity contribution in [3.63, 3.8) is 0 Å². The molecule has 1 aromatic rings. The van der Waals surface area contributed by atoms with E-state index in [1.165, 1.54) is 18.4 Å². The molecule has 3 rings (SSSR count). The fraction of sp³-hybridized carbons (Fsp3) is 0.722. The fourth-order valence-electron chi connectivity index (χ4n) is 3.08. The number of hydrogen-bond acceptors (Lipinski definition) is 3. The van der Waals surface area contributed by atoms with Crippen LogP contribution in [0.1, 0.15) is 64.9 Å². The highest BCUT2D eigenvalue weighted by molar-refractivity contribution is 5.40. The molecule has 21 heavy (non-hydrogen) atoms. The number of aliphatic hydroxyl groups is 1. The SMILES string of the molecule is CC.CC(C)c1ccc(N2CCC(O)(C3CC3)CC2)nc1. The molecule has 0 amide bonds. The summed E-state index contributed by atoms with van der Waals surface area (Å²) in [5, 5.41) is 10.5. The molecular formula is C18H30N2O. The van der Waals surface area contributed by atoms with Crippen molar-refractivity contribution in [2.45, 2.75) is 64.9 Å². The maximum absolute atomic E-state index is 10.5. The van der Waals surface area contributed by atoms with E-state index >= 15 is 0 Å². The summed E-state index contributed by atoms with van der Waals surface area (Å²) < 4.78 is 0. The van der Waals surface area contributed by atoms with Crippen LogP contribution in [-0.4, -0.2) is 28.8 Å². The van der Waals surface area contributed by atoms with Crippen molar-refractivity contribution in [1.29, 1.82) is 0 Å². The quantitative estimate of drug-likeness (QED) is 0.915. The lowest BCUT2D eigenvalue weighted by Gasteiger charge is -2.39. The van der Waals surface area contributed by atoms with Crippen LogP contribution < -0.4 is 4.90 Å². The molecule has 2 aliphatic rings. The van der Waals surface area contributed by atoms with Crippen LogP contribution in [-0.2, 0) is 0 Å². The highest BCUT2D eigenvalue weighted by Gasteiger charge is 2.45. The number of nitrogens with zero attached hydrogens (tertiary/aromatic N) is 2. The predicted molar refractivity (Wildman–Crippen MR) is 88.8 cm³/mol. The van der Waals surface area contributed by atoms with Crippen molar-refractivity contribution in [2.75, 3.05) is 18.0 Å². The van der Waals surface area contributed by atoms with Gasteiger partial charge in [-0.2, -0.15) is 0 Å². The lowest BCUT2D eigenvalue weighted by Crippen LogP contribution is -2.46. The molecule has 1 aromatic heterocycles. The van der Waals surface area contributed by atoms with E-state index in [1.54, 1.807) is 0 Å². The Morgan fingerprint density at radius 2 is 1.81 bits per heavy atom. The Bertz CT molecular complexity index is 429. The summed E-state index contributed by atoms with van der Waals surface area (Å²) in [6, 6.07) is 4.30. The summed E-state index contributed by atoms with van der Waals surface area (Å²) in [6.07, 6.45) is 6.22. The third-order valence-electron chi connectivity index (χ3n) is 4.73. The van der Waals surface area contributed by atoms with Gasteiger partial charge in [-0.3, -0.25) is 0 Å². The van der Waals surface area contributed by atoms with E-state index in [1.807, 2.05) is 20.0 Å².